The number of thioether (sulfide) groups is 1. The van der Waals surface area contributed by atoms with E-state index in [4.69, 9.17) is 16.1 Å². The molecule has 2 amide bonds. The van der Waals surface area contributed by atoms with Crippen molar-refractivity contribution in [1.29, 1.82) is 5.26 Å². The number of benzene rings is 3. The molecule has 0 saturated carbocycles. The van der Waals surface area contributed by atoms with Gasteiger partial charge in [0.25, 0.3) is 0 Å². The average Bonchev–Trinajstić information content (AvgIpc) is 2.96. The standard InChI is InChI=1S/C30H32N4O4S/c1-20(23-5-3-2-4-6-23)33-29(36)27(34-28(35)16-15-26(32)30(37)38)19-39-18-22-9-13-25(14-10-22)24-11-7-21(17-31)8-12-24/h2-14,20,26-27H,15-16,18-19,32H2,1H3,(H,33,36)(H,34,35)(H,37,38)/t20-,26-,27-/m0/s1. The van der Waals surface area contributed by atoms with Crippen molar-refractivity contribution in [3.05, 3.63) is 95.6 Å². The number of nitrogens with one attached hydrogen (secondary N) is 2. The molecule has 0 bridgehead atoms. The second kappa shape index (κ2) is 14.7. The first kappa shape index (κ1) is 29.4. The van der Waals surface area contributed by atoms with Crippen LogP contribution in [0.3, 0.4) is 0 Å². The first-order valence-corrected chi connectivity index (χ1v) is 13.7. The Morgan fingerprint density at radius 2 is 1.56 bits per heavy atom. The Kier molecular flexibility index (Phi) is 11.1. The topological polar surface area (TPSA) is 145 Å². The highest BCUT2D eigenvalue weighted by Crippen LogP contribution is 2.22. The fraction of sp³-hybridized carbons (Fsp3) is 0.267. The van der Waals surface area contributed by atoms with Gasteiger partial charge in [0.1, 0.15) is 12.1 Å². The predicted octanol–water partition coefficient (Wildman–Crippen LogP) is 4.01. The maximum atomic E-state index is 13.1. The van der Waals surface area contributed by atoms with Gasteiger partial charge in [0, 0.05) is 17.9 Å². The van der Waals surface area contributed by atoms with Crippen molar-refractivity contribution in [3.8, 4) is 17.2 Å². The number of nitrogens with zero attached hydrogens (tertiary/aromatic N) is 1. The van der Waals surface area contributed by atoms with Crippen LogP contribution in [0.15, 0.2) is 78.9 Å². The fourth-order valence-corrected chi connectivity index (χ4v) is 4.84. The van der Waals surface area contributed by atoms with E-state index < -0.39 is 24.0 Å². The molecular formula is C30H32N4O4S. The summed E-state index contributed by atoms with van der Waals surface area (Å²) in [6, 6.07) is 24.9. The lowest BCUT2D eigenvalue weighted by Crippen LogP contribution is -2.49. The van der Waals surface area contributed by atoms with E-state index in [1.807, 2.05) is 73.7 Å². The third-order valence-corrected chi connectivity index (χ3v) is 7.27. The summed E-state index contributed by atoms with van der Waals surface area (Å²) in [7, 11) is 0. The van der Waals surface area contributed by atoms with Crippen LogP contribution >= 0.6 is 11.8 Å². The zero-order valence-corrected chi connectivity index (χ0v) is 22.5. The summed E-state index contributed by atoms with van der Waals surface area (Å²) in [5.74, 6) is -0.945. The van der Waals surface area contributed by atoms with E-state index in [-0.39, 0.29) is 24.8 Å². The fourth-order valence-electron chi connectivity index (χ4n) is 3.82. The lowest BCUT2D eigenvalue weighted by atomic mass is 10.0. The molecule has 39 heavy (non-hydrogen) atoms. The summed E-state index contributed by atoms with van der Waals surface area (Å²) >= 11 is 1.51. The lowest BCUT2D eigenvalue weighted by Gasteiger charge is -2.22. The summed E-state index contributed by atoms with van der Waals surface area (Å²) in [6.07, 6.45) is -0.110. The van der Waals surface area contributed by atoms with Crippen LogP contribution < -0.4 is 16.4 Å². The molecule has 3 aromatic carbocycles. The SMILES string of the molecule is C[C@H](NC(=O)[C@H](CSCc1ccc(-c2ccc(C#N)cc2)cc1)NC(=O)CC[C@H](N)C(=O)O)c1ccccc1. The maximum absolute atomic E-state index is 13.1. The molecule has 0 heterocycles. The molecule has 202 valence electrons. The van der Waals surface area contributed by atoms with Gasteiger partial charge in [-0.2, -0.15) is 17.0 Å². The van der Waals surface area contributed by atoms with Crippen LogP contribution in [0, 0.1) is 11.3 Å². The van der Waals surface area contributed by atoms with Gasteiger partial charge in [0.2, 0.25) is 11.8 Å². The van der Waals surface area contributed by atoms with E-state index in [2.05, 4.69) is 16.7 Å². The molecule has 8 nitrogen and oxygen atoms in total. The van der Waals surface area contributed by atoms with Crippen molar-refractivity contribution in [2.24, 2.45) is 5.73 Å². The van der Waals surface area contributed by atoms with Crippen LogP contribution in [0.4, 0.5) is 0 Å². The molecule has 0 unspecified atom stereocenters. The molecule has 3 rings (SSSR count). The second-order valence-electron chi connectivity index (χ2n) is 9.15. The molecule has 0 fully saturated rings. The van der Waals surface area contributed by atoms with Crippen LogP contribution in [0.25, 0.3) is 11.1 Å². The minimum atomic E-state index is -1.17. The quantitative estimate of drug-likeness (QED) is 0.254. The maximum Gasteiger partial charge on any atom is 0.320 e. The number of rotatable bonds is 13. The van der Waals surface area contributed by atoms with E-state index in [1.165, 1.54) is 11.8 Å². The van der Waals surface area contributed by atoms with Crippen molar-refractivity contribution in [2.45, 2.75) is 43.6 Å². The predicted molar refractivity (Wildman–Crippen MR) is 153 cm³/mol. The first-order valence-electron chi connectivity index (χ1n) is 12.6. The van der Waals surface area contributed by atoms with E-state index >= 15 is 0 Å². The Morgan fingerprint density at radius 1 is 0.949 bits per heavy atom. The molecule has 0 spiro atoms. The Hall–Kier alpha value is -4.13. The van der Waals surface area contributed by atoms with Crippen molar-refractivity contribution in [2.75, 3.05) is 5.75 Å². The third kappa shape index (κ3) is 9.28. The molecule has 3 atom stereocenters. The van der Waals surface area contributed by atoms with Gasteiger partial charge in [-0.15, -0.1) is 0 Å². The minimum Gasteiger partial charge on any atom is -0.480 e. The molecule has 5 N–H and O–H groups in total. The first-order chi connectivity index (χ1) is 18.8. The molecule has 0 aromatic heterocycles. The zero-order chi connectivity index (χ0) is 28.2. The second-order valence-corrected chi connectivity index (χ2v) is 10.2. The van der Waals surface area contributed by atoms with E-state index in [1.54, 1.807) is 12.1 Å². The largest absolute Gasteiger partial charge is 0.480 e. The number of carboxylic acid groups (broad SMARTS) is 1. The highest BCUT2D eigenvalue weighted by Gasteiger charge is 2.23. The number of amides is 2. The average molecular weight is 545 g/mol. The molecule has 0 aliphatic heterocycles. The highest BCUT2D eigenvalue weighted by molar-refractivity contribution is 7.98. The van der Waals surface area contributed by atoms with Gasteiger partial charge in [-0.3, -0.25) is 14.4 Å². The molecular weight excluding hydrogens is 512 g/mol. The lowest BCUT2D eigenvalue weighted by molar-refractivity contribution is -0.138. The summed E-state index contributed by atoms with van der Waals surface area (Å²) in [5, 5.41) is 23.7. The third-order valence-electron chi connectivity index (χ3n) is 6.16. The Balaban J connectivity index is 1.60. The smallest absolute Gasteiger partial charge is 0.320 e. The van der Waals surface area contributed by atoms with E-state index in [0.717, 1.165) is 22.3 Å². The normalized spacial score (nSPS) is 12.9. The van der Waals surface area contributed by atoms with Crippen molar-refractivity contribution in [1.82, 2.24) is 10.6 Å². The summed E-state index contributed by atoms with van der Waals surface area (Å²) < 4.78 is 0. The van der Waals surface area contributed by atoms with Gasteiger partial charge < -0.3 is 21.5 Å². The van der Waals surface area contributed by atoms with Crippen LogP contribution in [0.1, 0.15) is 42.5 Å². The summed E-state index contributed by atoms with van der Waals surface area (Å²) in [6.45, 7) is 1.88. The van der Waals surface area contributed by atoms with Gasteiger partial charge in [-0.25, -0.2) is 0 Å². The van der Waals surface area contributed by atoms with Gasteiger partial charge in [-0.05, 0) is 47.7 Å². The molecule has 0 radical (unpaired) electrons. The van der Waals surface area contributed by atoms with Gasteiger partial charge >= 0.3 is 5.97 Å². The van der Waals surface area contributed by atoms with Crippen molar-refractivity contribution < 1.29 is 19.5 Å². The molecule has 9 heteroatoms. The number of hydrogen-bond acceptors (Lipinski definition) is 6. The Morgan fingerprint density at radius 3 is 2.15 bits per heavy atom. The molecule has 0 saturated heterocycles. The van der Waals surface area contributed by atoms with E-state index in [9.17, 15) is 14.4 Å². The van der Waals surface area contributed by atoms with Gasteiger partial charge in [0.15, 0.2) is 0 Å². The van der Waals surface area contributed by atoms with Crippen LogP contribution in [-0.4, -0.2) is 40.7 Å². The van der Waals surface area contributed by atoms with Crippen LogP contribution in [0.2, 0.25) is 0 Å². The Bertz CT molecular complexity index is 1290. The Labute approximate surface area is 232 Å². The monoisotopic (exact) mass is 544 g/mol. The minimum absolute atomic E-state index is 0.0192. The molecule has 3 aromatic rings. The summed E-state index contributed by atoms with van der Waals surface area (Å²) in [5.41, 5.74) is 10.2. The number of carboxylic acids is 1. The van der Waals surface area contributed by atoms with Crippen molar-refractivity contribution in [3.63, 3.8) is 0 Å². The highest BCUT2D eigenvalue weighted by atomic mass is 32.2. The number of aliphatic carboxylic acids is 1. The van der Waals surface area contributed by atoms with Crippen LogP contribution in [-0.2, 0) is 20.1 Å². The van der Waals surface area contributed by atoms with E-state index in [0.29, 0.717) is 17.1 Å². The molecule has 0 aliphatic carbocycles. The van der Waals surface area contributed by atoms with Gasteiger partial charge in [0.05, 0.1) is 17.7 Å². The van der Waals surface area contributed by atoms with Gasteiger partial charge in [-0.1, -0.05) is 66.7 Å². The number of nitriles is 1. The number of hydrogen-bond donors (Lipinski definition) is 4. The number of carbonyl (C=O) groups is 3. The number of carbonyl (C=O) groups excluding carboxylic acids is 2. The van der Waals surface area contributed by atoms with Crippen molar-refractivity contribution >= 4 is 29.5 Å². The number of nitrogens with two attached hydrogens (primary N) is 1. The molecule has 0 aliphatic rings. The zero-order valence-electron chi connectivity index (χ0n) is 21.7. The summed E-state index contributed by atoms with van der Waals surface area (Å²) in [4.78, 5) is 36.6. The van der Waals surface area contributed by atoms with Crippen LogP contribution in [0.5, 0.6) is 0 Å².